The quantitative estimate of drug-likeness (QED) is 0.283. The van der Waals surface area contributed by atoms with Crippen LogP contribution >= 0.6 is 0 Å². The van der Waals surface area contributed by atoms with Gasteiger partial charge in [-0.2, -0.15) is 0 Å². The summed E-state index contributed by atoms with van der Waals surface area (Å²) in [4.78, 5) is 17.5. The second-order valence-corrected chi connectivity index (χ2v) is 8.11. The largest absolute Gasteiger partial charge is 0.492 e. The van der Waals surface area contributed by atoms with E-state index < -0.39 is 0 Å². The molecule has 0 aliphatic heterocycles. The molecular weight excluding hydrogens is 424 g/mol. The monoisotopic (exact) mass is 458 g/mol. The Hall–Kier alpha value is -3.41. The van der Waals surface area contributed by atoms with E-state index in [0.29, 0.717) is 35.8 Å². The summed E-state index contributed by atoms with van der Waals surface area (Å²) < 4.78 is 11.9. The summed E-state index contributed by atoms with van der Waals surface area (Å²) in [5, 5.41) is 0. The zero-order chi connectivity index (χ0) is 24.3. The Labute approximate surface area is 203 Å². The zero-order valence-electron chi connectivity index (χ0n) is 19.9. The topological polar surface area (TPSA) is 42.0 Å². The minimum Gasteiger partial charge on any atom is -0.492 e. The summed E-state index contributed by atoms with van der Waals surface area (Å²) >= 11 is 0. The van der Waals surface area contributed by atoms with Crippen LogP contribution < -0.4 is 9.47 Å². The number of nitrogens with zero attached hydrogens (tertiary/aromatic N) is 2. The predicted octanol–water partition coefficient (Wildman–Crippen LogP) is 5.00. The molecule has 0 atom stereocenters. The number of carbonyl (C=O) groups is 1. The average Bonchev–Trinajstić information content (AvgIpc) is 3.11. The van der Waals surface area contributed by atoms with E-state index in [1.807, 2.05) is 60.7 Å². The Morgan fingerprint density at radius 1 is 0.618 bits per heavy atom. The van der Waals surface area contributed by atoms with Crippen molar-refractivity contribution in [2.24, 2.45) is 0 Å². The highest BCUT2D eigenvalue weighted by Gasteiger charge is 2.27. The zero-order valence-corrected chi connectivity index (χ0v) is 19.9. The molecule has 5 nitrogen and oxygen atoms in total. The molecule has 0 aromatic heterocycles. The van der Waals surface area contributed by atoms with Crippen molar-refractivity contribution in [1.29, 1.82) is 0 Å². The molecule has 178 valence electrons. The number of ketones is 1. The van der Waals surface area contributed by atoms with Gasteiger partial charge in [0, 0.05) is 50.4 Å². The molecule has 0 N–H and O–H groups in total. The first kappa shape index (κ1) is 25.2. The highest BCUT2D eigenvalue weighted by atomic mass is 16.5. The molecule has 0 saturated carbocycles. The van der Waals surface area contributed by atoms with E-state index in [2.05, 4.69) is 36.1 Å². The predicted molar refractivity (Wildman–Crippen MR) is 140 cm³/mol. The van der Waals surface area contributed by atoms with Gasteiger partial charge in [0.15, 0.2) is 5.78 Å². The maximum Gasteiger partial charge on any atom is 0.194 e. The number of hydrogen-bond donors (Lipinski definition) is 0. The molecule has 0 bridgehead atoms. The van der Waals surface area contributed by atoms with E-state index in [9.17, 15) is 4.79 Å². The molecule has 0 amide bonds. The van der Waals surface area contributed by atoms with Crippen LogP contribution in [0.15, 0.2) is 87.0 Å². The average molecular weight is 459 g/mol. The fourth-order valence-electron chi connectivity index (χ4n) is 4.05. The van der Waals surface area contributed by atoms with E-state index in [0.717, 1.165) is 50.4 Å². The molecule has 1 aliphatic rings. The normalized spacial score (nSPS) is 11.8. The van der Waals surface area contributed by atoms with Crippen LogP contribution in [0.2, 0.25) is 0 Å². The van der Waals surface area contributed by atoms with Gasteiger partial charge in [-0.3, -0.25) is 14.6 Å². The number of ether oxygens (including phenoxy) is 2. The summed E-state index contributed by atoms with van der Waals surface area (Å²) in [6.45, 7) is 20.8. The lowest BCUT2D eigenvalue weighted by molar-refractivity contribution is 0.104. The number of benzene rings is 2. The third-order valence-electron chi connectivity index (χ3n) is 5.66. The minimum absolute atomic E-state index is 0.000725. The lowest BCUT2D eigenvalue weighted by atomic mass is 10.1. The lowest BCUT2D eigenvalue weighted by Crippen LogP contribution is -2.28. The smallest absolute Gasteiger partial charge is 0.194 e. The molecule has 0 unspecified atom stereocenters. The van der Waals surface area contributed by atoms with Crippen molar-refractivity contribution < 1.29 is 14.3 Å². The first-order valence-electron chi connectivity index (χ1n) is 11.6. The Morgan fingerprint density at radius 3 is 1.35 bits per heavy atom. The van der Waals surface area contributed by atoms with Gasteiger partial charge < -0.3 is 9.47 Å². The van der Waals surface area contributed by atoms with E-state index in [4.69, 9.17) is 9.47 Å². The van der Waals surface area contributed by atoms with Crippen molar-refractivity contribution in [1.82, 2.24) is 9.80 Å². The molecule has 1 aliphatic carbocycles. The number of carbonyl (C=O) groups excluding carboxylic acids is 1. The van der Waals surface area contributed by atoms with E-state index in [1.165, 1.54) is 0 Å². The number of hydrogen-bond acceptors (Lipinski definition) is 5. The van der Waals surface area contributed by atoms with Crippen molar-refractivity contribution in [3.63, 3.8) is 0 Å². The first-order valence-corrected chi connectivity index (χ1v) is 11.6. The molecule has 0 saturated heterocycles. The van der Waals surface area contributed by atoms with Gasteiger partial charge in [0.1, 0.15) is 24.7 Å². The van der Waals surface area contributed by atoms with Gasteiger partial charge in [-0.05, 0) is 47.5 Å². The van der Waals surface area contributed by atoms with Crippen molar-refractivity contribution in [2.45, 2.75) is 0 Å². The van der Waals surface area contributed by atoms with Crippen LogP contribution in [0.3, 0.4) is 0 Å². The van der Waals surface area contributed by atoms with Crippen molar-refractivity contribution >= 4 is 5.78 Å². The van der Waals surface area contributed by atoms with E-state index in [1.54, 1.807) is 0 Å². The highest BCUT2D eigenvalue weighted by molar-refractivity contribution is 6.22. The Balaban J connectivity index is 1.62. The first-order chi connectivity index (χ1) is 16.6. The van der Waals surface area contributed by atoms with Crippen molar-refractivity contribution in [3.05, 3.63) is 98.1 Å². The summed E-state index contributed by atoms with van der Waals surface area (Å²) in [6.07, 6.45) is 7.47. The Morgan fingerprint density at radius 2 is 1.00 bits per heavy atom. The number of fused-ring (bicyclic) bond motifs is 3. The molecule has 34 heavy (non-hydrogen) atoms. The molecule has 2 aromatic rings. The summed E-state index contributed by atoms with van der Waals surface area (Å²) in [5.41, 5.74) is 3.20. The van der Waals surface area contributed by atoms with Gasteiger partial charge in [-0.25, -0.2) is 0 Å². The minimum atomic E-state index is 0.000725. The fourth-order valence-corrected chi connectivity index (χ4v) is 4.05. The molecule has 5 heteroatoms. The molecule has 0 heterocycles. The molecule has 0 radical (unpaired) electrons. The molecule has 3 rings (SSSR count). The van der Waals surface area contributed by atoms with Gasteiger partial charge in [0.05, 0.1) is 0 Å². The third kappa shape index (κ3) is 6.34. The van der Waals surface area contributed by atoms with Crippen LogP contribution in [0.25, 0.3) is 11.1 Å². The van der Waals surface area contributed by atoms with Crippen LogP contribution in [-0.4, -0.2) is 68.1 Å². The van der Waals surface area contributed by atoms with Gasteiger partial charge in [-0.1, -0.05) is 24.3 Å². The fraction of sp³-hybridized carbons (Fsp3) is 0.276. The lowest BCUT2D eigenvalue weighted by Gasteiger charge is -2.18. The molecule has 0 spiro atoms. The third-order valence-corrected chi connectivity index (χ3v) is 5.66. The SMILES string of the molecule is C=CCN(CC=C)CCOc1ccc2c(c1)C(=O)c1cc(OCCN(CC=C)CC=C)ccc1-2. The second-order valence-electron chi connectivity index (χ2n) is 8.11. The Kier molecular flexibility index (Phi) is 9.44. The van der Waals surface area contributed by atoms with Crippen molar-refractivity contribution in [3.8, 4) is 22.6 Å². The van der Waals surface area contributed by atoms with Gasteiger partial charge in [0.25, 0.3) is 0 Å². The van der Waals surface area contributed by atoms with Crippen LogP contribution in [0, 0.1) is 0 Å². The van der Waals surface area contributed by atoms with Gasteiger partial charge in [0.2, 0.25) is 0 Å². The highest BCUT2D eigenvalue weighted by Crippen LogP contribution is 2.39. The summed E-state index contributed by atoms with van der Waals surface area (Å²) in [7, 11) is 0. The summed E-state index contributed by atoms with van der Waals surface area (Å²) in [6, 6.07) is 11.4. The van der Waals surface area contributed by atoms with Crippen molar-refractivity contribution in [2.75, 3.05) is 52.5 Å². The summed E-state index contributed by atoms with van der Waals surface area (Å²) in [5.74, 6) is 1.39. The number of rotatable bonds is 16. The van der Waals surface area contributed by atoms with Crippen LogP contribution in [0.5, 0.6) is 11.5 Å². The maximum atomic E-state index is 13.1. The van der Waals surface area contributed by atoms with Gasteiger partial charge >= 0.3 is 0 Å². The molecular formula is C29H34N2O3. The van der Waals surface area contributed by atoms with Crippen LogP contribution in [0.1, 0.15) is 15.9 Å². The second kappa shape index (κ2) is 12.7. The molecule has 0 fully saturated rings. The molecule has 2 aromatic carbocycles. The van der Waals surface area contributed by atoms with Crippen LogP contribution in [0.4, 0.5) is 0 Å². The maximum absolute atomic E-state index is 13.1. The van der Waals surface area contributed by atoms with Gasteiger partial charge in [-0.15, -0.1) is 26.3 Å². The van der Waals surface area contributed by atoms with Crippen LogP contribution in [-0.2, 0) is 0 Å². The van der Waals surface area contributed by atoms with E-state index >= 15 is 0 Å². The standard InChI is InChI=1S/C29H34N2O3/c1-5-13-30(14-6-2)17-19-33-23-9-11-25-26-12-10-24(22-28(26)29(32)27(25)21-23)34-20-18-31(15-7-3)16-8-4/h5-12,21-22H,1-4,13-20H2. The Bertz CT molecular complexity index is 942. The van der Waals surface area contributed by atoms with E-state index in [-0.39, 0.29) is 5.78 Å².